The Morgan fingerprint density at radius 2 is 1.69 bits per heavy atom. The third kappa shape index (κ3) is 7.29. The number of hydrogen-bond donors (Lipinski definition) is 1. The Kier molecular flexibility index (Phi) is 10.1. The zero-order valence-electron chi connectivity index (χ0n) is 18.8. The smallest absolute Gasteiger partial charge is 0.261 e. The highest BCUT2D eigenvalue weighted by Gasteiger charge is 2.29. The Labute approximate surface area is 205 Å². The van der Waals surface area contributed by atoms with E-state index in [9.17, 15) is 9.59 Å². The van der Waals surface area contributed by atoms with Crippen molar-refractivity contribution in [3.63, 3.8) is 0 Å². The summed E-state index contributed by atoms with van der Waals surface area (Å²) in [5.41, 5.74) is 1.62. The fourth-order valence-electron chi connectivity index (χ4n) is 3.13. The van der Waals surface area contributed by atoms with Crippen molar-refractivity contribution in [1.29, 1.82) is 0 Å². The van der Waals surface area contributed by atoms with E-state index >= 15 is 0 Å². The average Bonchev–Trinajstić information content (AvgIpc) is 2.76. The van der Waals surface area contributed by atoms with Crippen molar-refractivity contribution in [3.8, 4) is 5.75 Å². The SMILES string of the molecule is CCC(C)NC(=O)C(CC)N(Cc1ccc(Cl)c(Cl)c1)C(=O)COc1ccc(Cl)c(C)c1. The van der Waals surface area contributed by atoms with Crippen LogP contribution in [0, 0.1) is 6.92 Å². The van der Waals surface area contributed by atoms with Crippen LogP contribution in [0.5, 0.6) is 5.75 Å². The minimum Gasteiger partial charge on any atom is -0.484 e. The van der Waals surface area contributed by atoms with Gasteiger partial charge < -0.3 is 15.0 Å². The molecular formula is C24H29Cl3N2O3. The molecule has 0 saturated carbocycles. The van der Waals surface area contributed by atoms with Gasteiger partial charge >= 0.3 is 0 Å². The summed E-state index contributed by atoms with van der Waals surface area (Å²) in [7, 11) is 0. The summed E-state index contributed by atoms with van der Waals surface area (Å²) >= 11 is 18.2. The molecule has 2 atom stereocenters. The number of rotatable bonds is 10. The molecule has 0 bridgehead atoms. The first-order valence-electron chi connectivity index (χ1n) is 10.6. The van der Waals surface area contributed by atoms with E-state index in [4.69, 9.17) is 39.5 Å². The molecule has 0 fully saturated rings. The molecule has 0 aromatic heterocycles. The summed E-state index contributed by atoms with van der Waals surface area (Å²) < 4.78 is 5.71. The van der Waals surface area contributed by atoms with Gasteiger partial charge in [-0.15, -0.1) is 0 Å². The van der Waals surface area contributed by atoms with Crippen LogP contribution in [-0.2, 0) is 16.1 Å². The highest BCUT2D eigenvalue weighted by atomic mass is 35.5. The molecule has 0 aliphatic rings. The number of benzene rings is 2. The summed E-state index contributed by atoms with van der Waals surface area (Å²) in [4.78, 5) is 27.7. The molecule has 2 aromatic rings. The van der Waals surface area contributed by atoms with Crippen molar-refractivity contribution < 1.29 is 14.3 Å². The number of halogens is 3. The van der Waals surface area contributed by atoms with Crippen LogP contribution in [0.1, 0.15) is 44.7 Å². The molecule has 2 rings (SSSR count). The maximum atomic E-state index is 13.2. The lowest BCUT2D eigenvalue weighted by Gasteiger charge is -2.31. The quantitative estimate of drug-likeness (QED) is 0.432. The first-order valence-corrected chi connectivity index (χ1v) is 11.7. The monoisotopic (exact) mass is 498 g/mol. The minimum absolute atomic E-state index is 0.00627. The number of carbonyl (C=O) groups excluding carboxylic acids is 2. The topological polar surface area (TPSA) is 58.6 Å². The molecule has 0 aliphatic heterocycles. The van der Waals surface area contributed by atoms with Crippen LogP contribution >= 0.6 is 34.8 Å². The number of nitrogens with zero attached hydrogens (tertiary/aromatic N) is 1. The molecule has 5 nitrogen and oxygen atoms in total. The molecule has 1 N–H and O–H groups in total. The largest absolute Gasteiger partial charge is 0.484 e. The van der Waals surface area contributed by atoms with Gasteiger partial charge in [-0.2, -0.15) is 0 Å². The van der Waals surface area contributed by atoms with Gasteiger partial charge in [-0.05, 0) is 68.1 Å². The molecule has 0 saturated heterocycles. The van der Waals surface area contributed by atoms with E-state index in [0.29, 0.717) is 27.2 Å². The molecule has 2 aromatic carbocycles. The lowest BCUT2D eigenvalue weighted by molar-refractivity contribution is -0.143. The average molecular weight is 500 g/mol. The van der Waals surface area contributed by atoms with Crippen LogP contribution in [0.15, 0.2) is 36.4 Å². The van der Waals surface area contributed by atoms with Gasteiger partial charge in [-0.3, -0.25) is 9.59 Å². The van der Waals surface area contributed by atoms with Gasteiger partial charge in [0.05, 0.1) is 10.0 Å². The normalized spacial score (nSPS) is 12.7. The van der Waals surface area contributed by atoms with Crippen molar-refractivity contribution in [2.24, 2.45) is 0 Å². The lowest BCUT2D eigenvalue weighted by Crippen LogP contribution is -2.51. The predicted molar refractivity (Wildman–Crippen MR) is 131 cm³/mol. The summed E-state index contributed by atoms with van der Waals surface area (Å²) in [6.07, 6.45) is 1.25. The second-order valence-electron chi connectivity index (χ2n) is 7.71. The summed E-state index contributed by atoms with van der Waals surface area (Å²) in [5, 5.41) is 4.41. The number of carbonyl (C=O) groups is 2. The van der Waals surface area contributed by atoms with Crippen LogP contribution in [0.25, 0.3) is 0 Å². The zero-order valence-corrected chi connectivity index (χ0v) is 21.0. The molecule has 174 valence electrons. The zero-order chi connectivity index (χ0) is 23.8. The fourth-order valence-corrected chi connectivity index (χ4v) is 3.57. The van der Waals surface area contributed by atoms with Crippen LogP contribution in [0.3, 0.4) is 0 Å². The molecule has 0 aliphatic carbocycles. The van der Waals surface area contributed by atoms with Gasteiger partial charge in [0, 0.05) is 17.6 Å². The number of hydrogen-bond acceptors (Lipinski definition) is 3. The molecular weight excluding hydrogens is 471 g/mol. The van der Waals surface area contributed by atoms with Crippen molar-refractivity contribution in [1.82, 2.24) is 10.2 Å². The number of aryl methyl sites for hydroxylation is 1. The van der Waals surface area contributed by atoms with Crippen molar-refractivity contribution in [3.05, 3.63) is 62.6 Å². The van der Waals surface area contributed by atoms with Crippen LogP contribution in [0.4, 0.5) is 0 Å². The summed E-state index contributed by atoms with van der Waals surface area (Å²) in [6.45, 7) is 7.65. The summed E-state index contributed by atoms with van der Waals surface area (Å²) in [5.74, 6) is 0.0271. The minimum atomic E-state index is -0.651. The Hall–Kier alpha value is -1.95. The van der Waals surface area contributed by atoms with E-state index in [1.54, 1.807) is 36.4 Å². The van der Waals surface area contributed by atoms with Crippen molar-refractivity contribution in [2.45, 2.75) is 59.2 Å². The van der Waals surface area contributed by atoms with E-state index in [1.165, 1.54) is 4.90 Å². The Morgan fingerprint density at radius 3 is 2.28 bits per heavy atom. The van der Waals surface area contributed by atoms with E-state index in [1.807, 2.05) is 27.7 Å². The first-order chi connectivity index (χ1) is 15.2. The van der Waals surface area contributed by atoms with Gasteiger partial charge in [-0.1, -0.05) is 54.7 Å². The molecule has 0 radical (unpaired) electrons. The van der Waals surface area contributed by atoms with Crippen LogP contribution in [0.2, 0.25) is 15.1 Å². The summed E-state index contributed by atoms with van der Waals surface area (Å²) in [6, 6.07) is 9.72. The maximum Gasteiger partial charge on any atom is 0.261 e. The van der Waals surface area contributed by atoms with E-state index in [-0.39, 0.29) is 31.0 Å². The number of nitrogens with one attached hydrogen (secondary N) is 1. The van der Waals surface area contributed by atoms with Gasteiger partial charge in [0.25, 0.3) is 5.91 Å². The molecule has 0 heterocycles. The fraction of sp³-hybridized carbons (Fsp3) is 0.417. The number of amides is 2. The molecule has 0 spiro atoms. The van der Waals surface area contributed by atoms with E-state index in [2.05, 4.69) is 5.32 Å². The Bertz CT molecular complexity index is 952. The molecule has 32 heavy (non-hydrogen) atoms. The van der Waals surface area contributed by atoms with Crippen molar-refractivity contribution >= 4 is 46.6 Å². The van der Waals surface area contributed by atoms with Crippen LogP contribution < -0.4 is 10.1 Å². The molecule has 8 heteroatoms. The number of ether oxygens (including phenoxy) is 1. The van der Waals surface area contributed by atoms with Crippen LogP contribution in [-0.4, -0.2) is 35.4 Å². The molecule has 2 amide bonds. The third-order valence-electron chi connectivity index (χ3n) is 5.22. The Balaban J connectivity index is 2.25. The highest BCUT2D eigenvalue weighted by molar-refractivity contribution is 6.42. The van der Waals surface area contributed by atoms with Crippen molar-refractivity contribution in [2.75, 3.05) is 6.61 Å². The third-order valence-corrected chi connectivity index (χ3v) is 6.38. The van der Waals surface area contributed by atoms with Gasteiger partial charge in [0.1, 0.15) is 11.8 Å². The van der Waals surface area contributed by atoms with Gasteiger partial charge in [0.15, 0.2) is 6.61 Å². The Morgan fingerprint density at radius 1 is 1.00 bits per heavy atom. The van der Waals surface area contributed by atoms with E-state index < -0.39 is 6.04 Å². The van der Waals surface area contributed by atoms with Gasteiger partial charge in [-0.25, -0.2) is 0 Å². The maximum absolute atomic E-state index is 13.2. The standard InChI is InChI=1S/C24H29Cl3N2O3/c1-5-16(4)28-24(31)22(6-2)29(13-17-7-9-20(26)21(27)12-17)23(30)14-32-18-8-10-19(25)15(3)11-18/h7-12,16,22H,5-6,13-14H2,1-4H3,(H,28,31). The first kappa shape index (κ1) is 26.3. The second-order valence-corrected chi connectivity index (χ2v) is 8.93. The van der Waals surface area contributed by atoms with Gasteiger partial charge in [0.2, 0.25) is 5.91 Å². The predicted octanol–water partition coefficient (Wildman–Crippen LogP) is 6.06. The van der Waals surface area contributed by atoms with E-state index in [0.717, 1.165) is 17.5 Å². The highest BCUT2D eigenvalue weighted by Crippen LogP contribution is 2.25. The lowest BCUT2D eigenvalue weighted by atomic mass is 10.1. The molecule has 2 unspecified atom stereocenters. The second kappa shape index (κ2) is 12.3.